The van der Waals surface area contributed by atoms with Crippen LogP contribution in [-0.4, -0.2) is 50.0 Å². The molecule has 0 aliphatic rings. The molecule has 0 aliphatic heterocycles. The van der Waals surface area contributed by atoms with E-state index in [9.17, 15) is 0 Å². The van der Waals surface area contributed by atoms with Crippen molar-refractivity contribution in [3.8, 4) is 0 Å². The Morgan fingerprint density at radius 3 is 0.571 bits per heavy atom. The van der Waals surface area contributed by atoms with Gasteiger partial charge in [-0.3, -0.25) is 0 Å². The number of carbonyl (C=O) groups is 1. The van der Waals surface area contributed by atoms with E-state index >= 15 is 0 Å². The Labute approximate surface area is 197 Å². The standard InChI is InChI=1S/CH2O3.2Cs.8H2O/c2-1(3)4;;;;;;;;;;/h(H2,2,3,4);;;8*1H2/q;2*+1;;;;;;;;/p-2. The molecule has 0 unspecified atom stereocenters. The van der Waals surface area contributed by atoms with Crippen molar-refractivity contribution in [2.24, 2.45) is 0 Å². The second-order valence-corrected chi connectivity index (χ2v) is 0.250. The molecule has 16 N–H and O–H groups in total. The first kappa shape index (κ1) is 120. The summed E-state index contributed by atoms with van der Waals surface area (Å²) in [6, 6.07) is 0. The minimum Gasteiger partial charge on any atom is -0.652 e. The molecule has 0 aliphatic carbocycles. The Balaban J connectivity index is -0.000000001000. The van der Waals surface area contributed by atoms with Crippen molar-refractivity contribution in [1.29, 1.82) is 0 Å². The third kappa shape index (κ3) is 319. The Morgan fingerprint density at radius 1 is 0.571 bits per heavy atom. The van der Waals surface area contributed by atoms with E-state index in [4.69, 9.17) is 15.0 Å². The molecule has 0 radical (unpaired) electrons. The van der Waals surface area contributed by atoms with Gasteiger partial charge in [-0.1, -0.05) is 0 Å². The van der Waals surface area contributed by atoms with Crippen LogP contribution in [0.15, 0.2) is 0 Å². The molecule has 0 saturated heterocycles. The molecule has 0 bridgehead atoms. The quantitative estimate of drug-likeness (QED) is 0.333. The zero-order chi connectivity index (χ0) is 3.58. The molecule has 0 amide bonds. The van der Waals surface area contributed by atoms with E-state index < -0.39 is 6.16 Å². The van der Waals surface area contributed by atoms with Gasteiger partial charge in [0.15, 0.2) is 0 Å². The van der Waals surface area contributed by atoms with Crippen molar-refractivity contribution >= 4 is 6.16 Å². The van der Waals surface area contributed by atoms with E-state index in [0.717, 1.165) is 0 Å². The first-order valence-corrected chi connectivity index (χ1v) is 0.612. The molecule has 0 spiro atoms. The summed E-state index contributed by atoms with van der Waals surface area (Å²) in [5.41, 5.74) is 0. The van der Waals surface area contributed by atoms with E-state index in [-0.39, 0.29) is 182 Å². The fourth-order valence-corrected chi connectivity index (χ4v) is 0. The zero-order valence-corrected chi connectivity index (χ0v) is 20.3. The molecule has 0 saturated carbocycles. The van der Waals surface area contributed by atoms with Crippen LogP contribution >= 0.6 is 0 Å². The zero-order valence-electron chi connectivity index (χ0n) is 7.72. The fraction of sp³-hybridized carbons (Fsp3) is 0. The van der Waals surface area contributed by atoms with Crippen LogP contribution in [0.2, 0.25) is 0 Å². The van der Waals surface area contributed by atoms with Crippen molar-refractivity contribution in [1.82, 2.24) is 0 Å². The molecule has 88 valence electrons. The van der Waals surface area contributed by atoms with E-state index in [2.05, 4.69) is 0 Å². The maximum absolute atomic E-state index is 8.33. The SMILES string of the molecule is O.O.O.O.O.O.O.O.O=C([O-])[O-].[Cs+].[Cs+]. The van der Waals surface area contributed by atoms with Gasteiger partial charge in [-0.05, 0) is 6.16 Å². The second-order valence-electron chi connectivity index (χ2n) is 0.250. The summed E-state index contributed by atoms with van der Waals surface area (Å²) < 4.78 is 0. The van der Waals surface area contributed by atoms with Crippen LogP contribution in [-0.2, 0) is 0 Å². The molecular formula is CH16Cs2O11. The predicted molar refractivity (Wildman–Crippen MR) is 34.3 cm³/mol. The third-order valence-corrected chi connectivity index (χ3v) is 0. The van der Waals surface area contributed by atoms with E-state index in [1.165, 1.54) is 0 Å². The van der Waals surface area contributed by atoms with Gasteiger partial charge in [0.05, 0.1) is 0 Å². The van der Waals surface area contributed by atoms with E-state index in [1.54, 1.807) is 0 Å². The molecule has 0 fully saturated rings. The molecule has 14 heavy (non-hydrogen) atoms. The largest absolute Gasteiger partial charge is 1.00 e. The van der Waals surface area contributed by atoms with Gasteiger partial charge in [0.1, 0.15) is 0 Å². The molecule has 0 aromatic heterocycles. The Hall–Kier alpha value is 3.05. The maximum Gasteiger partial charge on any atom is 1.00 e. The van der Waals surface area contributed by atoms with Gasteiger partial charge in [-0.15, -0.1) is 0 Å². The summed E-state index contributed by atoms with van der Waals surface area (Å²) >= 11 is 0. The molecule has 0 aromatic carbocycles. The summed E-state index contributed by atoms with van der Waals surface area (Å²) in [6.07, 6.45) is -2.33. The number of hydrogen-bond acceptors (Lipinski definition) is 3. The number of carbonyl (C=O) groups excluding carboxylic acids is 1. The van der Waals surface area contributed by atoms with Gasteiger partial charge in [-0.25, -0.2) is 0 Å². The maximum atomic E-state index is 8.33. The number of hydrogen-bond donors (Lipinski definition) is 0. The average molecular weight is 470 g/mol. The number of carboxylic acid groups (broad SMARTS) is 2. The van der Waals surface area contributed by atoms with Crippen molar-refractivity contribution in [3.63, 3.8) is 0 Å². The van der Waals surface area contributed by atoms with Gasteiger partial charge in [-0.2, -0.15) is 0 Å². The Morgan fingerprint density at radius 2 is 0.571 bits per heavy atom. The molecule has 0 aromatic rings. The van der Waals surface area contributed by atoms with Crippen LogP contribution in [0.25, 0.3) is 0 Å². The van der Waals surface area contributed by atoms with Crippen molar-refractivity contribution in [2.45, 2.75) is 0 Å². The molecule has 0 atom stereocenters. The molecule has 0 heterocycles. The average Bonchev–Trinajstić information content (AvgIpc) is 0.811. The van der Waals surface area contributed by atoms with Crippen molar-refractivity contribution < 1.29 is 197 Å². The summed E-state index contributed by atoms with van der Waals surface area (Å²) in [6.45, 7) is 0. The minimum atomic E-state index is -2.33. The van der Waals surface area contributed by atoms with Crippen molar-refractivity contribution in [2.75, 3.05) is 0 Å². The Bertz CT molecular complexity index is 36.3. The minimum absolute atomic E-state index is 0. The van der Waals surface area contributed by atoms with Crippen LogP contribution < -0.4 is 148 Å². The van der Waals surface area contributed by atoms with Gasteiger partial charge >= 0.3 is 138 Å². The van der Waals surface area contributed by atoms with Gasteiger partial charge in [0.2, 0.25) is 0 Å². The first-order valence-electron chi connectivity index (χ1n) is 0.612. The molecular weight excluding hydrogens is 454 g/mol. The van der Waals surface area contributed by atoms with Gasteiger partial charge in [0.25, 0.3) is 0 Å². The predicted octanol–water partition coefficient (Wildman–Crippen LogP) is -15.0. The monoisotopic (exact) mass is 470 g/mol. The third-order valence-electron chi connectivity index (χ3n) is 0. The summed E-state index contributed by atoms with van der Waals surface area (Å²) in [7, 11) is 0. The van der Waals surface area contributed by atoms with Gasteiger partial charge < -0.3 is 58.8 Å². The first-order chi connectivity index (χ1) is 1.73. The van der Waals surface area contributed by atoms with Crippen LogP contribution in [0.4, 0.5) is 4.79 Å². The second kappa shape index (κ2) is 99.3. The summed E-state index contributed by atoms with van der Waals surface area (Å²) in [5.74, 6) is 0. The Kier molecular flexibility index (Phi) is 850. The number of rotatable bonds is 0. The van der Waals surface area contributed by atoms with E-state index in [0.29, 0.717) is 0 Å². The molecule has 13 heteroatoms. The summed E-state index contributed by atoms with van der Waals surface area (Å²) in [5, 5.41) is 16.7. The summed E-state index contributed by atoms with van der Waals surface area (Å²) in [4.78, 5) is 8.33. The van der Waals surface area contributed by atoms with Gasteiger partial charge in [0, 0.05) is 0 Å². The normalized spacial score (nSPS) is 1.71. The molecule has 0 rings (SSSR count). The fourth-order valence-electron chi connectivity index (χ4n) is 0. The topological polar surface area (TPSA) is 315 Å². The van der Waals surface area contributed by atoms with Crippen LogP contribution in [0.1, 0.15) is 0 Å². The molecule has 11 nitrogen and oxygen atoms in total. The van der Waals surface area contributed by atoms with Crippen LogP contribution in [0.5, 0.6) is 0 Å². The van der Waals surface area contributed by atoms with E-state index in [1.807, 2.05) is 0 Å². The smallest absolute Gasteiger partial charge is 0.652 e. The van der Waals surface area contributed by atoms with Crippen molar-refractivity contribution in [3.05, 3.63) is 0 Å². The van der Waals surface area contributed by atoms with Crippen LogP contribution in [0, 0.1) is 0 Å². The van der Waals surface area contributed by atoms with Crippen LogP contribution in [0.3, 0.4) is 0 Å².